The molecular weight excluding hydrogens is 160 g/mol. The van der Waals surface area contributed by atoms with E-state index >= 15 is 0 Å². The average Bonchev–Trinajstić information content (AvgIpc) is 2.09. The summed E-state index contributed by atoms with van der Waals surface area (Å²) < 4.78 is 0. The van der Waals surface area contributed by atoms with Gasteiger partial charge in [-0.2, -0.15) is 0 Å². The van der Waals surface area contributed by atoms with Crippen molar-refractivity contribution in [2.75, 3.05) is 0 Å². The first-order valence-corrected chi connectivity index (χ1v) is 5.09. The van der Waals surface area contributed by atoms with Gasteiger partial charge >= 0.3 is 0 Å². The predicted molar refractivity (Wildman–Crippen MR) is 55.1 cm³/mol. The summed E-state index contributed by atoms with van der Waals surface area (Å²) in [6, 6.07) is 1.08. The van der Waals surface area contributed by atoms with Crippen molar-refractivity contribution in [3.05, 3.63) is 23.4 Å². The Balaban J connectivity index is 2.28. The minimum atomic E-state index is 0.472. The van der Waals surface area contributed by atoms with Crippen LogP contribution in [0.15, 0.2) is 23.4 Å². The van der Waals surface area contributed by atoms with Gasteiger partial charge in [-0.3, -0.25) is 0 Å². The molecule has 0 spiro atoms. The Kier molecular flexibility index (Phi) is 2.16. The average molecular weight is 178 g/mol. The van der Waals surface area contributed by atoms with E-state index in [4.69, 9.17) is 5.73 Å². The molecule has 0 amide bonds. The van der Waals surface area contributed by atoms with Crippen LogP contribution in [0.2, 0.25) is 0 Å². The smallest absolute Gasteiger partial charge is 0.0312 e. The van der Waals surface area contributed by atoms with Gasteiger partial charge in [-0.25, -0.2) is 0 Å². The van der Waals surface area contributed by atoms with E-state index in [2.05, 4.69) is 31.3 Å². The van der Waals surface area contributed by atoms with Crippen molar-refractivity contribution in [3.8, 4) is 0 Å². The molecule has 2 heteroatoms. The van der Waals surface area contributed by atoms with E-state index in [1.807, 2.05) is 0 Å². The van der Waals surface area contributed by atoms with Crippen molar-refractivity contribution >= 4 is 0 Å². The molecule has 1 aliphatic carbocycles. The number of hydrogen-bond acceptors (Lipinski definition) is 2. The largest absolute Gasteiger partial charge is 0.399 e. The van der Waals surface area contributed by atoms with Crippen LogP contribution >= 0.6 is 0 Å². The summed E-state index contributed by atoms with van der Waals surface area (Å²) in [5.41, 5.74) is 8.29. The normalized spacial score (nSPS) is 39.1. The number of nitrogens with one attached hydrogen (secondary N) is 1. The summed E-state index contributed by atoms with van der Waals surface area (Å²) in [7, 11) is 0. The van der Waals surface area contributed by atoms with Gasteiger partial charge in [-0.05, 0) is 37.8 Å². The van der Waals surface area contributed by atoms with Crippen LogP contribution in [0.25, 0.3) is 0 Å². The van der Waals surface area contributed by atoms with E-state index in [1.165, 1.54) is 12.0 Å². The molecule has 1 heterocycles. The second-order valence-corrected chi connectivity index (χ2v) is 4.40. The van der Waals surface area contributed by atoms with Gasteiger partial charge in [-0.1, -0.05) is 12.5 Å². The topological polar surface area (TPSA) is 38.0 Å². The second-order valence-electron chi connectivity index (χ2n) is 4.40. The molecule has 0 aromatic rings. The molecule has 0 aromatic carbocycles. The van der Waals surface area contributed by atoms with Crippen molar-refractivity contribution in [1.29, 1.82) is 0 Å². The van der Waals surface area contributed by atoms with E-state index in [0.717, 1.165) is 12.1 Å². The van der Waals surface area contributed by atoms with Gasteiger partial charge in [0.1, 0.15) is 0 Å². The molecule has 1 saturated heterocycles. The van der Waals surface area contributed by atoms with Crippen LogP contribution in [0.4, 0.5) is 0 Å². The molecule has 1 aliphatic heterocycles. The predicted octanol–water partition coefficient (Wildman–Crippen LogP) is 1.55. The third-order valence-electron chi connectivity index (χ3n) is 3.04. The van der Waals surface area contributed by atoms with Gasteiger partial charge in [0.15, 0.2) is 0 Å². The summed E-state index contributed by atoms with van der Waals surface area (Å²) in [5.74, 6) is 0.680. The lowest BCUT2D eigenvalue weighted by molar-refractivity contribution is 0.473. The van der Waals surface area contributed by atoms with Gasteiger partial charge in [0.25, 0.3) is 0 Å². The van der Waals surface area contributed by atoms with Crippen LogP contribution in [0.5, 0.6) is 0 Å². The van der Waals surface area contributed by atoms with Crippen molar-refractivity contribution < 1.29 is 0 Å². The van der Waals surface area contributed by atoms with Gasteiger partial charge < -0.3 is 11.1 Å². The molecular formula is C11H18N2. The van der Waals surface area contributed by atoms with E-state index in [0.29, 0.717) is 18.0 Å². The highest BCUT2D eigenvalue weighted by Gasteiger charge is 2.24. The SMILES string of the molecule is CC1CC(C)C2=CC(N)=CC(C2)N1. The molecule has 3 N–H and O–H groups in total. The van der Waals surface area contributed by atoms with E-state index in [-0.39, 0.29) is 0 Å². The van der Waals surface area contributed by atoms with Crippen LogP contribution in [0, 0.1) is 5.92 Å². The third kappa shape index (κ3) is 1.78. The molecule has 0 radical (unpaired) electrons. The highest BCUT2D eigenvalue weighted by molar-refractivity contribution is 5.31. The summed E-state index contributed by atoms with van der Waals surface area (Å²) in [6.07, 6.45) is 6.66. The van der Waals surface area contributed by atoms with E-state index in [1.54, 1.807) is 0 Å². The summed E-state index contributed by atoms with van der Waals surface area (Å²) in [6.45, 7) is 4.55. The van der Waals surface area contributed by atoms with E-state index in [9.17, 15) is 0 Å². The maximum atomic E-state index is 5.85. The third-order valence-corrected chi connectivity index (χ3v) is 3.04. The van der Waals surface area contributed by atoms with Gasteiger partial charge in [0, 0.05) is 17.8 Å². The molecule has 0 saturated carbocycles. The zero-order valence-electron chi connectivity index (χ0n) is 8.38. The Morgan fingerprint density at radius 2 is 2.23 bits per heavy atom. The molecule has 2 rings (SSSR count). The lowest BCUT2D eigenvalue weighted by Crippen LogP contribution is -2.34. The fraction of sp³-hybridized carbons (Fsp3) is 0.636. The Morgan fingerprint density at radius 3 is 3.00 bits per heavy atom. The lowest BCUT2D eigenvalue weighted by Gasteiger charge is -2.20. The van der Waals surface area contributed by atoms with Crippen LogP contribution in [0.1, 0.15) is 26.7 Å². The Bertz CT molecular complexity index is 265. The number of allylic oxidation sites excluding steroid dienone is 1. The number of rotatable bonds is 0. The molecule has 13 heavy (non-hydrogen) atoms. The van der Waals surface area contributed by atoms with Crippen molar-refractivity contribution in [3.63, 3.8) is 0 Å². The zero-order chi connectivity index (χ0) is 9.42. The van der Waals surface area contributed by atoms with Gasteiger partial charge in [0.05, 0.1) is 0 Å². The molecule has 2 nitrogen and oxygen atoms in total. The minimum absolute atomic E-state index is 0.472. The Hall–Kier alpha value is -0.760. The molecule has 3 unspecified atom stereocenters. The molecule has 3 atom stereocenters. The Morgan fingerprint density at radius 1 is 1.46 bits per heavy atom. The summed E-state index contributed by atoms with van der Waals surface area (Å²) >= 11 is 0. The maximum absolute atomic E-state index is 5.85. The summed E-state index contributed by atoms with van der Waals surface area (Å²) in [5, 5.41) is 3.57. The van der Waals surface area contributed by atoms with E-state index < -0.39 is 0 Å². The van der Waals surface area contributed by atoms with Crippen LogP contribution in [0.3, 0.4) is 0 Å². The standard InChI is InChI=1S/C11H18N2/c1-7-3-8(2)13-11-5-9(7)4-10(12)6-11/h4,6-8,11,13H,3,5,12H2,1-2H3. The number of nitrogens with two attached hydrogens (primary N) is 1. The maximum Gasteiger partial charge on any atom is 0.0312 e. The monoisotopic (exact) mass is 178 g/mol. The van der Waals surface area contributed by atoms with Crippen LogP contribution in [-0.2, 0) is 0 Å². The molecule has 0 aromatic heterocycles. The molecule has 72 valence electrons. The molecule has 1 fully saturated rings. The highest BCUT2D eigenvalue weighted by atomic mass is 14.9. The lowest BCUT2D eigenvalue weighted by atomic mass is 9.89. The second kappa shape index (κ2) is 3.18. The zero-order valence-corrected chi connectivity index (χ0v) is 8.38. The first-order valence-electron chi connectivity index (χ1n) is 5.09. The first-order chi connectivity index (χ1) is 6.15. The van der Waals surface area contributed by atoms with Gasteiger partial charge in [0.2, 0.25) is 0 Å². The quantitative estimate of drug-likeness (QED) is 0.590. The highest BCUT2D eigenvalue weighted by Crippen LogP contribution is 2.29. The first kappa shape index (κ1) is 8.82. The fourth-order valence-corrected chi connectivity index (χ4v) is 2.43. The van der Waals surface area contributed by atoms with Crippen LogP contribution < -0.4 is 11.1 Å². The minimum Gasteiger partial charge on any atom is -0.399 e. The van der Waals surface area contributed by atoms with Crippen molar-refractivity contribution in [1.82, 2.24) is 5.32 Å². The fourth-order valence-electron chi connectivity index (χ4n) is 2.43. The van der Waals surface area contributed by atoms with Crippen LogP contribution in [-0.4, -0.2) is 12.1 Å². The molecule has 2 aliphatic rings. The van der Waals surface area contributed by atoms with Crippen molar-refractivity contribution in [2.24, 2.45) is 11.7 Å². The molecule has 2 bridgehead atoms. The number of hydrogen-bond donors (Lipinski definition) is 2. The Labute approximate surface area is 79.9 Å². The van der Waals surface area contributed by atoms with Gasteiger partial charge in [-0.15, -0.1) is 0 Å². The number of fused-ring (bicyclic) bond motifs is 2. The summed E-state index contributed by atoms with van der Waals surface area (Å²) in [4.78, 5) is 0. The van der Waals surface area contributed by atoms with Crippen molar-refractivity contribution in [2.45, 2.75) is 38.8 Å².